The van der Waals surface area contributed by atoms with Crippen molar-refractivity contribution in [1.82, 2.24) is 19.6 Å². The first-order valence-corrected chi connectivity index (χ1v) is 9.52. The number of hydrogen-bond donors (Lipinski definition) is 0. The highest BCUT2D eigenvalue weighted by atomic mass is 35.5. The molecule has 1 amide bonds. The highest BCUT2D eigenvalue weighted by Crippen LogP contribution is 2.26. The van der Waals surface area contributed by atoms with Crippen LogP contribution >= 0.6 is 11.6 Å². The zero-order valence-corrected chi connectivity index (χ0v) is 16.5. The average Bonchev–Trinajstić information content (AvgIpc) is 2.90. The number of nitrogens with zero attached hydrogens (tertiary/aromatic N) is 4. The normalized spacial score (nSPS) is 16.0. The number of aryl methyl sites for hydroxylation is 1. The molecule has 6 heteroatoms. The number of likely N-dealkylation sites (tertiary alicyclic amines) is 1. The van der Waals surface area contributed by atoms with Crippen molar-refractivity contribution in [3.8, 4) is 0 Å². The highest BCUT2D eigenvalue weighted by Gasteiger charge is 2.27. The molecule has 3 rings (SSSR count). The Morgan fingerprint density at radius 2 is 1.85 bits per heavy atom. The monoisotopic (exact) mass is 374 g/mol. The van der Waals surface area contributed by atoms with Gasteiger partial charge in [0.1, 0.15) is 5.15 Å². The van der Waals surface area contributed by atoms with Crippen molar-refractivity contribution in [2.24, 2.45) is 5.92 Å². The summed E-state index contributed by atoms with van der Waals surface area (Å²) in [5.74, 6) is 0.396. The number of piperidine rings is 1. The lowest BCUT2D eigenvalue weighted by Crippen LogP contribution is -2.39. The van der Waals surface area contributed by atoms with Crippen LogP contribution in [0, 0.1) is 12.8 Å². The van der Waals surface area contributed by atoms with Crippen LogP contribution in [0.3, 0.4) is 0 Å². The summed E-state index contributed by atoms with van der Waals surface area (Å²) in [6, 6.07) is 10.2. The van der Waals surface area contributed by atoms with Crippen LogP contribution in [-0.4, -0.2) is 52.7 Å². The molecule has 0 radical (unpaired) electrons. The molecule has 2 heterocycles. The summed E-state index contributed by atoms with van der Waals surface area (Å²) in [5, 5.41) is 5.35. The van der Waals surface area contributed by atoms with Crippen LogP contribution in [-0.2, 0) is 17.9 Å². The quantitative estimate of drug-likeness (QED) is 0.807. The fraction of sp³-hybridized carbons (Fsp3) is 0.500. The largest absolute Gasteiger partial charge is 0.349 e. The molecule has 0 N–H and O–H groups in total. The number of halogens is 1. The Labute approximate surface area is 160 Å². The molecular formula is C20H27ClN4O. The predicted octanol–water partition coefficient (Wildman–Crippen LogP) is 3.19. The lowest BCUT2D eigenvalue weighted by atomic mass is 9.95. The molecule has 5 nitrogen and oxygen atoms in total. The molecule has 0 spiro atoms. The van der Waals surface area contributed by atoms with Crippen molar-refractivity contribution in [2.45, 2.75) is 32.9 Å². The van der Waals surface area contributed by atoms with Gasteiger partial charge in [0.2, 0.25) is 5.91 Å². The Morgan fingerprint density at radius 3 is 2.46 bits per heavy atom. The van der Waals surface area contributed by atoms with Crippen molar-refractivity contribution in [3.05, 3.63) is 52.3 Å². The topological polar surface area (TPSA) is 41.4 Å². The van der Waals surface area contributed by atoms with Crippen LogP contribution in [0.25, 0.3) is 0 Å². The predicted molar refractivity (Wildman–Crippen MR) is 104 cm³/mol. The summed E-state index contributed by atoms with van der Waals surface area (Å²) >= 11 is 6.63. The third-order valence-electron chi connectivity index (χ3n) is 5.12. The molecule has 1 aromatic heterocycles. The molecule has 1 aliphatic rings. The van der Waals surface area contributed by atoms with Gasteiger partial charge in [-0.05, 0) is 38.4 Å². The fourth-order valence-electron chi connectivity index (χ4n) is 3.56. The summed E-state index contributed by atoms with van der Waals surface area (Å²) in [6.45, 7) is 5.33. The molecule has 0 aliphatic carbocycles. The molecule has 2 aromatic rings. The second-order valence-electron chi connectivity index (χ2n) is 7.28. The van der Waals surface area contributed by atoms with E-state index in [2.05, 4.69) is 22.1 Å². The number of benzene rings is 1. The van der Waals surface area contributed by atoms with Gasteiger partial charge >= 0.3 is 0 Å². The molecule has 1 fully saturated rings. The zero-order valence-electron chi connectivity index (χ0n) is 15.8. The lowest BCUT2D eigenvalue weighted by molar-refractivity contribution is -0.134. The van der Waals surface area contributed by atoms with E-state index in [-0.39, 0.29) is 11.8 Å². The highest BCUT2D eigenvalue weighted by molar-refractivity contribution is 6.30. The van der Waals surface area contributed by atoms with E-state index in [0.29, 0.717) is 6.54 Å². The van der Waals surface area contributed by atoms with Gasteiger partial charge in [0.25, 0.3) is 0 Å². The molecule has 0 saturated carbocycles. The van der Waals surface area contributed by atoms with E-state index in [1.807, 2.05) is 43.9 Å². The zero-order chi connectivity index (χ0) is 18.7. The summed E-state index contributed by atoms with van der Waals surface area (Å²) < 4.78 is 1.88. The Morgan fingerprint density at radius 1 is 1.19 bits per heavy atom. The second kappa shape index (κ2) is 8.23. The molecular weight excluding hydrogens is 348 g/mol. The van der Waals surface area contributed by atoms with Gasteiger partial charge in [0.15, 0.2) is 0 Å². The summed E-state index contributed by atoms with van der Waals surface area (Å²) in [6.07, 6.45) is 1.82. The van der Waals surface area contributed by atoms with Gasteiger partial charge in [-0.3, -0.25) is 9.69 Å². The molecule has 1 saturated heterocycles. The minimum Gasteiger partial charge on any atom is -0.349 e. The number of aromatic nitrogens is 2. The Kier molecular flexibility index (Phi) is 5.99. The number of hydrogen-bond acceptors (Lipinski definition) is 3. The Bertz CT molecular complexity index is 749. The number of carbonyl (C=O) groups is 1. The molecule has 0 unspecified atom stereocenters. The fourth-order valence-corrected chi connectivity index (χ4v) is 3.85. The van der Waals surface area contributed by atoms with E-state index < -0.39 is 0 Å². The van der Waals surface area contributed by atoms with Crippen LogP contribution < -0.4 is 0 Å². The maximum atomic E-state index is 12.1. The first-order valence-electron chi connectivity index (χ1n) is 9.15. The number of carbonyl (C=O) groups excluding carboxylic acids is 1. The summed E-state index contributed by atoms with van der Waals surface area (Å²) in [4.78, 5) is 16.2. The van der Waals surface area contributed by atoms with Gasteiger partial charge in [0.05, 0.1) is 12.2 Å². The van der Waals surface area contributed by atoms with Crippen molar-refractivity contribution < 1.29 is 4.79 Å². The van der Waals surface area contributed by atoms with Gasteiger partial charge < -0.3 is 4.90 Å². The minimum atomic E-state index is 0.152. The van der Waals surface area contributed by atoms with Gasteiger partial charge in [0, 0.05) is 32.1 Å². The van der Waals surface area contributed by atoms with Gasteiger partial charge in [-0.25, -0.2) is 4.68 Å². The second-order valence-corrected chi connectivity index (χ2v) is 7.64. The summed E-state index contributed by atoms with van der Waals surface area (Å²) in [5.41, 5.74) is 3.27. The van der Waals surface area contributed by atoms with Crippen LogP contribution in [0.1, 0.15) is 29.7 Å². The molecule has 26 heavy (non-hydrogen) atoms. The maximum Gasteiger partial charge on any atom is 0.225 e. The number of rotatable bonds is 5. The van der Waals surface area contributed by atoms with Crippen LogP contribution in [0.4, 0.5) is 0 Å². The summed E-state index contributed by atoms with van der Waals surface area (Å²) in [7, 11) is 3.66. The average molecular weight is 375 g/mol. The van der Waals surface area contributed by atoms with E-state index in [1.165, 1.54) is 5.56 Å². The number of amides is 1. The molecule has 1 aromatic carbocycles. The van der Waals surface area contributed by atoms with Crippen molar-refractivity contribution in [1.29, 1.82) is 0 Å². The van der Waals surface area contributed by atoms with Crippen molar-refractivity contribution >= 4 is 17.5 Å². The van der Waals surface area contributed by atoms with Crippen LogP contribution in [0.2, 0.25) is 5.15 Å². The van der Waals surface area contributed by atoms with E-state index in [4.69, 9.17) is 11.6 Å². The van der Waals surface area contributed by atoms with Crippen LogP contribution in [0.15, 0.2) is 30.3 Å². The third-order valence-corrected chi connectivity index (χ3v) is 5.54. The first kappa shape index (κ1) is 18.9. The molecule has 140 valence electrons. The molecule has 0 bridgehead atoms. The SMILES string of the molecule is Cc1nn(Cc2ccccc2)c(Cl)c1CN1CCC(C(=O)N(C)C)CC1. The Hall–Kier alpha value is -1.85. The minimum absolute atomic E-state index is 0.152. The van der Waals surface area contributed by atoms with Crippen molar-refractivity contribution in [3.63, 3.8) is 0 Å². The maximum absolute atomic E-state index is 12.1. The van der Waals surface area contributed by atoms with Gasteiger partial charge in [-0.15, -0.1) is 0 Å². The van der Waals surface area contributed by atoms with E-state index in [1.54, 1.807) is 4.90 Å². The van der Waals surface area contributed by atoms with E-state index >= 15 is 0 Å². The van der Waals surface area contributed by atoms with E-state index in [0.717, 1.165) is 48.9 Å². The first-order chi connectivity index (χ1) is 12.5. The Balaban J connectivity index is 1.63. The standard InChI is InChI=1S/C20H27ClN4O/c1-15-18(14-24-11-9-17(10-12-24)20(26)23(2)3)19(21)25(22-15)13-16-7-5-4-6-8-16/h4-8,17H,9-14H2,1-3H3. The molecule has 0 atom stereocenters. The molecule has 1 aliphatic heterocycles. The smallest absolute Gasteiger partial charge is 0.225 e. The lowest BCUT2D eigenvalue weighted by Gasteiger charge is -2.32. The van der Waals surface area contributed by atoms with Crippen LogP contribution in [0.5, 0.6) is 0 Å². The van der Waals surface area contributed by atoms with E-state index in [9.17, 15) is 4.79 Å². The van der Waals surface area contributed by atoms with Gasteiger partial charge in [-0.2, -0.15) is 5.10 Å². The van der Waals surface area contributed by atoms with Gasteiger partial charge in [-0.1, -0.05) is 41.9 Å². The third kappa shape index (κ3) is 4.27. The van der Waals surface area contributed by atoms with Crippen molar-refractivity contribution in [2.75, 3.05) is 27.2 Å².